The molecule has 78 valence electrons. The van der Waals surface area contributed by atoms with Crippen LogP contribution in [0.1, 0.15) is 19.4 Å². The van der Waals surface area contributed by atoms with Gasteiger partial charge in [-0.25, -0.2) is 9.19 Å². The molecule has 0 amide bonds. The van der Waals surface area contributed by atoms with Crippen LogP contribution in [0.4, 0.5) is 5.82 Å². The molecule has 0 saturated carbocycles. The van der Waals surface area contributed by atoms with Crippen LogP contribution in [0, 0.1) is 6.92 Å². The van der Waals surface area contributed by atoms with Gasteiger partial charge < -0.3 is 0 Å². The molecule has 1 heterocycles. The van der Waals surface area contributed by atoms with Gasteiger partial charge in [0, 0.05) is 15.9 Å². The largest absolute Gasteiger partial charge is 0.289 e. The van der Waals surface area contributed by atoms with E-state index in [0.717, 1.165) is 10.0 Å². The topological polar surface area (TPSA) is 42.0 Å². The van der Waals surface area contributed by atoms with Crippen molar-refractivity contribution in [1.82, 2.24) is 4.98 Å². The van der Waals surface area contributed by atoms with Crippen LogP contribution in [0.3, 0.4) is 0 Å². The van der Waals surface area contributed by atoms with Gasteiger partial charge in [0.1, 0.15) is 16.8 Å². The summed E-state index contributed by atoms with van der Waals surface area (Å²) < 4.78 is 15.3. The maximum Gasteiger partial charge on any atom is 0.137 e. The number of nitrogens with one attached hydrogen (secondary N) is 1. The minimum atomic E-state index is -1.07. The first-order chi connectivity index (χ1) is 6.50. The number of nitrogens with zero attached hydrogens (tertiary/aromatic N) is 1. The van der Waals surface area contributed by atoms with Crippen molar-refractivity contribution in [3.8, 4) is 0 Å². The van der Waals surface area contributed by atoms with Gasteiger partial charge in [0.25, 0.3) is 0 Å². The first-order valence-electron chi connectivity index (χ1n) is 4.30. The highest BCUT2D eigenvalue weighted by molar-refractivity contribution is 9.10. The Morgan fingerprint density at radius 2 is 2.21 bits per heavy atom. The fourth-order valence-electron chi connectivity index (χ4n) is 0.816. The molecule has 1 N–H and O–H groups in total. The van der Waals surface area contributed by atoms with Gasteiger partial charge in [-0.1, -0.05) is 0 Å². The molecular weight excluding hydrogens is 264 g/mol. The zero-order valence-electron chi connectivity index (χ0n) is 8.37. The van der Waals surface area contributed by atoms with Gasteiger partial charge in [-0.3, -0.25) is 4.72 Å². The van der Waals surface area contributed by atoms with Crippen LogP contribution in [-0.4, -0.2) is 14.4 Å². The highest BCUT2D eigenvalue weighted by atomic mass is 79.9. The quantitative estimate of drug-likeness (QED) is 0.922. The molecule has 0 spiro atoms. The first kappa shape index (κ1) is 11.7. The second-order valence-corrected chi connectivity index (χ2v) is 5.86. The highest BCUT2D eigenvalue weighted by Gasteiger charge is 2.06. The molecule has 0 bridgehead atoms. The van der Waals surface area contributed by atoms with E-state index in [1.54, 1.807) is 6.20 Å². The van der Waals surface area contributed by atoms with E-state index in [4.69, 9.17) is 0 Å². The molecular formula is C9H13BrN2OS. The second-order valence-electron chi connectivity index (χ2n) is 3.27. The molecule has 0 aliphatic heterocycles. The van der Waals surface area contributed by atoms with E-state index in [9.17, 15) is 4.21 Å². The Kier molecular flexibility index (Phi) is 4.07. The normalized spacial score (nSPS) is 12.9. The van der Waals surface area contributed by atoms with E-state index in [1.807, 2.05) is 26.8 Å². The Balaban J connectivity index is 2.78. The zero-order valence-corrected chi connectivity index (χ0v) is 10.8. The summed E-state index contributed by atoms with van der Waals surface area (Å²) >= 11 is 3.36. The summed E-state index contributed by atoms with van der Waals surface area (Å²) in [5, 5.41) is 0.0840. The first-order valence-corrected chi connectivity index (χ1v) is 6.30. The van der Waals surface area contributed by atoms with Crippen LogP contribution in [0.15, 0.2) is 16.7 Å². The monoisotopic (exact) mass is 276 g/mol. The number of anilines is 1. The molecule has 1 atom stereocenters. The summed E-state index contributed by atoms with van der Waals surface area (Å²) in [5.41, 5.74) is 1.07. The summed E-state index contributed by atoms with van der Waals surface area (Å²) in [4.78, 5) is 4.11. The number of pyridine rings is 1. The smallest absolute Gasteiger partial charge is 0.137 e. The lowest BCUT2D eigenvalue weighted by atomic mass is 10.3. The Labute approximate surface area is 95.0 Å². The number of hydrogen-bond donors (Lipinski definition) is 1. The molecule has 5 heteroatoms. The van der Waals surface area contributed by atoms with Crippen molar-refractivity contribution < 1.29 is 4.21 Å². The lowest BCUT2D eigenvalue weighted by Crippen LogP contribution is -2.15. The predicted octanol–water partition coefficient (Wildman–Crippen LogP) is 2.64. The van der Waals surface area contributed by atoms with E-state index in [1.165, 1.54) is 0 Å². The van der Waals surface area contributed by atoms with Crippen LogP contribution >= 0.6 is 15.9 Å². The van der Waals surface area contributed by atoms with Crippen LogP contribution < -0.4 is 4.72 Å². The SMILES string of the molecule is Cc1cc(NS(=O)C(C)C)ncc1Br. The molecule has 1 rings (SSSR count). The molecule has 0 aliphatic carbocycles. The molecule has 1 aromatic heterocycles. The Morgan fingerprint density at radius 1 is 1.57 bits per heavy atom. The number of rotatable bonds is 3. The Hall–Kier alpha value is -0.420. The van der Waals surface area contributed by atoms with E-state index in [0.29, 0.717) is 5.82 Å². The van der Waals surface area contributed by atoms with Crippen molar-refractivity contribution >= 4 is 32.7 Å². The average molecular weight is 277 g/mol. The fourth-order valence-corrected chi connectivity index (χ4v) is 1.59. The highest BCUT2D eigenvalue weighted by Crippen LogP contribution is 2.17. The summed E-state index contributed by atoms with van der Waals surface area (Å²) in [5.74, 6) is 0.651. The Morgan fingerprint density at radius 3 is 2.71 bits per heavy atom. The zero-order chi connectivity index (χ0) is 10.7. The third-order valence-corrected chi connectivity index (χ3v) is 3.78. The lowest BCUT2D eigenvalue weighted by Gasteiger charge is -2.08. The van der Waals surface area contributed by atoms with Crippen molar-refractivity contribution in [2.45, 2.75) is 26.0 Å². The number of aromatic nitrogens is 1. The summed E-state index contributed by atoms with van der Waals surface area (Å²) in [6.07, 6.45) is 1.70. The molecule has 1 unspecified atom stereocenters. The summed E-state index contributed by atoms with van der Waals surface area (Å²) in [6, 6.07) is 1.87. The Bertz CT molecular complexity index is 355. The number of hydrogen-bond acceptors (Lipinski definition) is 2. The van der Waals surface area contributed by atoms with Crippen molar-refractivity contribution in [1.29, 1.82) is 0 Å². The third-order valence-electron chi connectivity index (χ3n) is 1.68. The van der Waals surface area contributed by atoms with Gasteiger partial charge in [-0.05, 0) is 48.3 Å². The molecule has 0 radical (unpaired) electrons. The minimum Gasteiger partial charge on any atom is -0.289 e. The number of halogens is 1. The summed E-state index contributed by atoms with van der Waals surface area (Å²) in [6.45, 7) is 5.76. The van der Waals surface area contributed by atoms with Crippen LogP contribution in [0.2, 0.25) is 0 Å². The minimum absolute atomic E-state index is 0.0840. The molecule has 14 heavy (non-hydrogen) atoms. The van der Waals surface area contributed by atoms with E-state index in [-0.39, 0.29) is 5.25 Å². The molecule has 0 saturated heterocycles. The second kappa shape index (κ2) is 4.89. The molecule has 0 aromatic carbocycles. The van der Waals surface area contributed by atoms with Crippen molar-refractivity contribution in [3.05, 3.63) is 22.3 Å². The van der Waals surface area contributed by atoms with Gasteiger partial charge in [-0.15, -0.1) is 0 Å². The van der Waals surface area contributed by atoms with Crippen LogP contribution in [-0.2, 0) is 11.0 Å². The van der Waals surface area contributed by atoms with Gasteiger partial charge >= 0.3 is 0 Å². The maximum absolute atomic E-state index is 11.5. The fraction of sp³-hybridized carbons (Fsp3) is 0.444. The van der Waals surface area contributed by atoms with Gasteiger partial charge in [0.2, 0.25) is 0 Å². The number of aryl methyl sites for hydroxylation is 1. The average Bonchev–Trinajstić information content (AvgIpc) is 2.11. The maximum atomic E-state index is 11.5. The predicted molar refractivity (Wildman–Crippen MR) is 63.6 cm³/mol. The van der Waals surface area contributed by atoms with Crippen molar-refractivity contribution in [2.24, 2.45) is 0 Å². The molecule has 1 aromatic rings. The van der Waals surface area contributed by atoms with E-state index < -0.39 is 11.0 Å². The van der Waals surface area contributed by atoms with E-state index >= 15 is 0 Å². The van der Waals surface area contributed by atoms with Gasteiger partial charge in [0.15, 0.2) is 0 Å². The summed E-state index contributed by atoms with van der Waals surface area (Å²) in [7, 11) is -1.07. The third kappa shape index (κ3) is 3.06. The van der Waals surface area contributed by atoms with Crippen LogP contribution in [0.25, 0.3) is 0 Å². The standard InChI is InChI=1S/C9H13BrN2OS/c1-6(2)14(13)12-9-4-7(3)8(10)5-11-9/h4-6H,1-3H3,(H,11,12). The van der Waals surface area contributed by atoms with Crippen LogP contribution in [0.5, 0.6) is 0 Å². The van der Waals surface area contributed by atoms with Crippen molar-refractivity contribution in [2.75, 3.05) is 4.72 Å². The molecule has 0 fully saturated rings. The van der Waals surface area contributed by atoms with Crippen molar-refractivity contribution in [3.63, 3.8) is 0 Å². The van der Waals surface area contributed by atoms with Gasteiger partial charge in [-0.2, -0.15) is 0 Å². The molecule has 0 aliphatic rings. The lowest BCUT2D eigenvalue weighted by molar-refractivity contribution is 0.680. The van der Waals surface area contributed by atoms with E-state index in [2.05, 4.69) is 25.6 Å². The molecule has 3 nitrogen and oxygen atoms in total. The van der Waals surface area contributed by atoms with Gasteiger partial charge in [0.05, 0.1) is 0 Å².